The van der Waals surface area contributed by atoms with Crippen LogP contribution in [0.3, 0.4) is 0 Å². The molecule has 2 nitrogen and oxygen atoms in total. The second-order valence-electron chi connectivity index (χ2n) is 5.40. The summed E-state index contributed by atoms with van der Waals surface area (Å²) in [6.07, 6.45) is 6.07. The molecule has 0 saturated heterocycles. The van der Waals surface area contributed by atoms with Crippen molar-refractivity contribution in [1.82, 2.24) is 5.48 Å². The van der Waals surface area contributed by atoms with Gasteiger partial charge in [-0.2, -0.15) is 0 Å². The van der Waals surface area contributed by atoms with Gasteiger partial charge in [0.05, 0.1) is 0 Å². The van der Waals surface area contributed by atoms with E-state index in [-0.39, 0.29) is 0 Å². The third-order valence-electron chi connectivity index (χ3n) is 3.38. The molecule has 0 aromatic carbocycles. The molecular formula is C11H23NO. The molecule has 78 valence electrons. The molecule has 0 aromatic rings. The van der Waals surface area contributed by atoms with Gasteiger partial charge in [-0.3, -0.25) is 0 Å². The summed E-state index contributed by atoms with van der Waals surface area (Å²) in [4.78, 5) is 0. The van der Waals surface area contributed by atoms with Crippen molar-refractivity contribution in [2.45, 2.75) is 58.9 Å². The first-order chi connectivity index (χ1) is 6.04. The molecule has 0 spiro atoms. The zero-order chi connectivity index (χ0) is 9.90. The molecule has 0 bridgehead atoms. The van der Waals surface area contributed by atoms with Crippen molar-refractivity contribution < 1.29 is 5.21 Å². The largest absolute Gasteiger partial charge is 0.317 e. The Hall–Kier alpha value is -0.0800. The minimum absolute atomic E-state index is 0.340. The molecular weight excluding hydrogens is 162 g/mol. The average Bonchev–Trinajstić information content (AvgIpc) is 2.26. The molecule has 2 heteroatoms. The SMILES string of the molecule is CC(C)(C)C1CCCC(NO)CC1. The third-order valence-corrected chi connectivity index (χ3v) is 3.38. The summed E-state index contributed by atoms with van der Waals surface area (Å²) in [7, 11) is 0. The highest BCUT2D eigenvalue weighted by atomic mass is 16.5. The van der Waals surface area contributed by atoms with Crippen molar-refractivity contribution in [2.75, 3.05) is 0 Å². The van der Waals surface area contributed by atoms with Crippen LogP contribution in [0.5, 0.6) is 0 Å². The molecule has 1 saturated carbocycles. The van der Waals surface area contributed by atoms with Gasteiger partial charge in [-0.25, -0.2) is 5.48 Å². The lowest BCUT2D eigenvalue weighted by molar-refractivity contribution is 0.116. The predicted octanol–water partition coefficient (Wildman–Crippen LogP) is 2.96. The fourth-order valence-electron chi connectivity index (χ4n) is 2.30. The fraction of sp³-hybridized carbons (Fsp3) is 1.00. The number of hydroxylamine groups is 1. The van der Waals surface area contributed by atoms with E-state index >= 15 is 0 Å². The lowest BCUT2D eigenvalue weighted by Gasteiger charge is -2.29. The minimum atomic E-state index is 0.340. The van der Waals surface area contributed by atoms with Crippen molar-refractivity contribution in [3.63, 3.8) is 0 Å². The maximum Gasteiger partial charge on any atom is 0.0319 e. The van der Waals surface area contributed by atoms with Crippen LogP contribution in [-0.2, 0) is 0 Å². The Bertz CT molecular complexity index is 151. The number of rotatable bonds is 1. The molecule has 2 N–H and O–H groups in total. The Kier molecular flexibility index (Phi) is 3.74. The van der Waals surface area contributed by atoms with Gasteiger partial charge < -0.3 is 5.21 Å². The molecule has 13 heavy (non-hydrogen) atoms. The third kappa shape index (κ3) is 3.28. The van der Waals surface area contributed by atoms with Crippen LogP contribution >= 0.6 is 0 Å². The molecule has 2 atom stereocenters. The Labute approximate surface area is 81.7 Å². The number of hydrogen-bond acceptors (Lipinski definition) is 2. The van der Waals surface area contributed by atoms with Crippen LogP contribution in [0, 0.1) is 11.3 Å². The van der Waals surface area contributed by atoms with Crippen LogP contribution in [0.25, 0.3) is 0 Å². The highest BCUT2D eigenvalue weighted by molar-refractivity contribution is 4.79. The first kappa shape index (κ1) is 11.0. The van der Waals surface area contributed by atoms with E-state index < -0.39 is 0 Å². The Morgan fingerprint density at radius 2 is 1.77 bits per heavy atom. The van der Waals surface area contributed by atoms with E-state index in [1.807, 2.05) is 0 Å². The van der Waals surface area contributed by atoms with Crippen molar-refractivity contribution in [2.24, 2.45) is 11.3 Å². The molecule has 1 aliphatic rings. The van der Waals surface area contributed by atoms with Crippen molar-refractivity contribution in [3.8, 4) is 0 Å². The van der Waals surface area contributed by atoms with Crippen molar-refractivity contribution in [3.05, 3.63) is 0 Å². The van der Waals surface area contributed by atoms with Gasteiger partial charge >= 0.3 is 0 Å². The smallest absolute Gasteiger partial charge is 0.0319 e. The molecule has 0 heterocycles. The lowest BCUT2D eigenvalue weighted by atomic mass is 9.76. The second kappa shape index (κ2) is 4.43. The zero-order valence-electron chi connectivity index (χ0n) is 9.14. The predicted molar refractivity (Wildman–Crippen MR) is 54.7 cm³/mol. The monoisotopic (exact) mass is 185 g/mol. The first-order valence-electron chi connectivity index (χ1n) is 5.43. The summed E-state index contributed by atoms with van der Waals surface area (Å²) in [6, 6.07) is 0.340. The molecule has 1 aliphatic carbocycles. The van der Waals surface area contributed by atoms with Gasteiger partial charge in [-0.05, 0) is 37.0 Å². The van der Waals surface area contributed by atoms with Gasteiger partial charge in [0, 0.05) is 6.04 Å². The highest BCUT2D eigenvalue weighted by Crippen LogP contribution is 2.36. The molecule has 0 amide bonds. The van der Waals surface area contributed by atoms with Crippen molar-refractivity contribution >= 4 is 0 Å². The maximum atomic E-state index is 8.86. The Morgan fingerprint density at radius 3 is 2.31 bits per heavy atom. The summed E-state index contributed by atoms with van der Waals surface area (Å²) in [6.45, 7) is 6.97. The van der Waals surface area contributed by atoms with Gasteiger partial charge in [0.15, 0.2) is 0 Å². The molecule has 0 radical (unpaired) electrons. The molecule has 1 fully saturated rings. The minimum Gasteiger partial charge on any atom is -0.317 e. The van der Waals surface area contributed by atoms with E-state index in [0.717, 1.165) is 18.8 Å². The van der Waals surface area contributed by atoms with Crippen molar-refractivity contribution in [1.29, 1.82) is 0 Å². The maximum absolute atomic E-state index is 8.86. The summed E-state index contributed by atoms with van der Waals surface area (Å²) in [5.74, 6) is 0.825. The van der Waals surface area contributed by atoms with E-state index in [1.54, 1.807) is 0 Å². The van der Waals surface area contributed by atoms with Crippen LogP contribution in [-0.4, -0.2) is 11.2 Å². The topological polar surface area (TPSA) is 32.3 Å². The molecule has 0 aromatic heterocycles. The zero-order valence-corrected chi connectivity index (χ0v) is 9.14. The summed E-state index contributed by atoms with van der Waals surface area (Å²) >= 11 is 0. The first-order valence-corrected chi connectivity index (χ1v) is 5.43. The van der Waals surface area contributed by atoms with E-state index in [9.17, 15) is 0 Å². The summed E-state index contributed by atoms with van der Waals surface area (Å²) in [5.41, 5.74) is 2.85. The van der Waals surface area contributed by atoms with Gasteiger partial charge in [0.25, 0.3) is 0 Å². The molecule has 0 aliphatic heterocycles. The lowest BCUT2D eigenvalue weighted by Crippen LogP contribution is -2.25. The number of nitrogens with one attached hydrogen (secondary N) is 1. The standard InChI is InChI=1S/C11H23NO/c1-11(2,3)9-5-4-6-10(12-13)8-7-9/h9-10,12-13H,4-8H2,1-3H3. The molecule has 2 unspecified atom stereocenters. The summed E-state index contributed by atoms with van der Waals surface area (Å²) < 4.78 is 0. The number of hydrogen-bond donors (Lipinski definition) is 2. The highest BCUT2D eigenvalue weighted by Gasteiger charge is 2.27. The van der Waals surface area contributed by atoms with E-state index in [0.29, 0.717) is 11.5 Å². The Morgan fingerprint density at radius 1 is 1.08 bits per heavy atom. The fourth-order valence-corrected chi connectivity index (χ4v) is 2.30. The van der Waals surface area contributed by atoms with Crippen LogP contribution < -0.4 is 5.48 Å². The van der Waals surface area contributed by atoms with Gasteiger partial charge in [0.1, 0.15) is 0 Å². The average molecular weight is 185 g/mol. The normalized spacial score (nSPS) is 31.4. The summed E-state index contributed by atoms with van der Waals surface area (Å²) in [5, 5.41) is 8.86. The van der Waals surface area contributed by atoms with Gasteiger partial charge in [-0.15, -0.1) is 0 Å². The quantitative estimate of drug-likeness (QED) is 0.486. The molecule has 1 rings (SSSR count). The van der Waals surface area contributed by atoms with Gasteiger partial charge in [-0.1, -0.05) is 27.2 Å². The second-order valence-corrected chi connectivity index (χ2v) is 5.40. The van der Waals surface area contributed by atoms with E-state index in [4.69, 9.17) is 5.21 Å². The van der Waals surface area contributed by atoms with Crippen LogP contribution in [0.4, 0.5) is 0 Å². The Balaban J connectivity index is 2.45. The van der Waals surface area contributed by atoms with Crippen LogP contribution in [0.15, 0.2) is 0 Å². The van der Waals surface area contributed by atoms with Crippen LogP contribution in [0.2, 0.25) is 0 Å². The van der Waals surface area contributed by atoms with Gasteiger partial charge in [0.2, 0.25) is 0 Å². The van der Waals surface area contributed by atoms with E-state index in [1.165, 1.54) is 19.3 Å². The van der Waals surface area contributed by atoms with Crippen LogP contribution in [0.1, 0.15) is 52.9 Å². The van der Waals surface area contributed by atoms with E-state index in [2.05, 4.69) is 26.3 Å².